The Morgan fingerprint density at radius 3 is 1.97 bits per heavy atom. The quantitative estimate of drug-likeness (QED) is 0.0729. The molecule has 0 aliphatic heterocycles. The van der Waals surface area contributed by atoms with E-state index < -0.39 is 17.9 Å². The number of benzene rings is 4. The SMILES string of the molecule is CC(=O)Oc1ccccc1C(=O)O.COc1cc2c(c(OC)c1OC)-c1ccc(OC)c(=O)cc1[C@@H](NC(C)=O)CC2.O=C(O)Cc1ccccc1Nc1c(Cl)cccc1Cl. The lowest BCUT2D eigenvalue weighted by atomic mass is 9.95. The number of esters is 1. The molecule has 1 amide bonds. The number of aromatic carboxylic acids is 1. The van der Waals surface area contributed by atoms with Crippen LogP contribution in [0.4, 0.5) is 11.4 Å². The Kier molecular flexibility index (Phi) is 16.9. The number of hydrogen-bond donors (Lipinski definition) is 4. The minimum absolute atomic E-state index is 0.0160. The molecule has 320 valence electrons. The first kappa shape index (κ1) is 46.9. The Balaban J connectivity index is 0.000000220. The van der Waals surface area contributed by atoms with Crippen LogP contribution >= 0.6 is 23.2 Å². The van der Waals surface area contributed by atoms with Crippen LogP contribution in [0.1, 0.15) is 53.4 Å². The fourth-order valence-electron chi connectivity index (χ4n) is 6.46. The summed E-state index contributed by atoms with van der Waals surface area (Å²) >= 11 is 12.1. The molecule has 0 spiro atoms. The fourth-order valence-corrected chi connectivity index (χ4v) is 6.95. The van der Waals surface area contributed by atoms with E-state index in [0.29, 0.717) is 62.6 Å². The van der Waals surface area contributed by atoms with Crippen LogP contribution in [0.5, 0.6) is 28.7 Å². The number of nitrogens with one attached hydrogen (secondary N) is 2. The molecule has 0 saturated carbocycles. The van der Waals surface area contributed by atoms with Gasteiger partial charge in [-0.2, -0.15) is 0 Å². The van der Waals surface area contributed by atoms with Gasteiger partial charge in [-0.15, -0.1) is 0 Å². The second kappa shape index (κ2) is 22.0. The van der Waals surface area contributed by atoms with Gasteiger partial charge in [0.2, 0.25) is 17.1 Å². The number of hydrogen-bond acceptors (Lipinski definition) is 11. The highest BCUT2D eigenvalue weighted by Crippen LogP contribution is 2.50. The van der Waals surface area contributed by atoms with Gasteiger partial charge in [0, 0.05) is 25.1 Å². The maximum atomic E-state index is 12.6. The number of aliphatic carboxylic acids is 1. The lowest BCUT2D eigenvalue weighted by Crippen LogP contribution is -2.26. The molecule has 6 rings (SSSR count). The Morgan fingerprint density at radius 2 is 1.38 bits per heavy atom. The average Bonchev–Trinajstić information content (AvgIpc) is 3.46. The van der Waals surface area contributed by atoms with Gasteiger partial charge in [-0.05, 0) is 83.6 Å². The molecule has 1 aliphatic carbocycles. The maximum Gasteiger partial charge on any atom is 0.339 e. The topological polar surface area (TPSA) is 196 Å². The van der Waals surface area contributed by atoms with Gasteiger partial charge in [-0.25, -0.2) is 4.79 Å². The Bertz CT molecular complexity index is 2460. The summed E-state index contributed by atoms with van der Waals surface area (Å²) in [5.74, 6) is -0.860. The molecule has 4 N–H and O–H groups in total. The van der Waals surface area contributed by atoms with Gasteiger partial charge in [-0.1, -0.05) is 65.7 Å². The third-order valence-electron chi connectivity index (χ3n) is 9.05. The minimum Gasteiger partial charge on any atom is -0.493 e. The molecule has 0 saturated heterocycles. The van der Waals surface area contributed by atoms with Crippen molar-refractivity contribution in [3.05, 3.63) is 134 Å². The highest BCUT2D eigenvalue weighted by atomic mass is 35.5. The minimum atomic E-state index is -1.11. The predicted octanol–water partition coefficient (Wildman–Crippen LogP) is 8.55. The first-order valence-corrected chi connectivity index (χ1v) is 19.2. The average molecular weight is 876 g/mol. The number of anilines is 2. The van der Waals surface area contributed by atoms with Crippen molar-refractivity contribution in [2.45, 2.75) is 39.2 Å². The van der Waals surface area contributed by atoms with E-state index in [9.17, 15) is 24.0 Å². The zero-order chi connectivity index (χ0) is 44.8. The van der Waals surface area contributed by atoms with Crippen molar-refractivity contribution < 1.29 is 53.1 Å². The molecule has 0 aromatic heterocycles. The summed E-state index contributed by atoms with van der Waals surface area (Å²) in [6.45, 7) is 2.69. The van der Waals surface area contributed by atoms with E-state index in [1.54, 1.807) is 75.9 Å². The van der Waals surface area contributed by atoms with Crippen molar-refractivity contribution in [2.75, 3.05) is 33.8 Å². The number of rotatable bonds is 11. The number of fused-ring (bicyclic) bond motifs is 3. The third kappa shape index (κ3) is 12.1. The fraction of sp³-hybridized carbons (Fsp3) is 0.222. The number of ether oxygens (including phenoxy) is 5. The van der Waals surface area contributed by atoms with Gasteiger partial charge in [0.1, 0.15) is 11.3 Å². The van der Waals surface area contributed by atoms with Crippen LogP contribution in [0.2, 0.25) is 10.0 Å². The van der Waals surface area contributed by atoms with E-state index in [4.69, 9.17) is 52.4 Å². The maximum absolute atomic E-state index is 12.6. The molecule has 0 radical (unpaired) electrons. The first-order chi connectivity index (χ1) is 29.1. The number of halogens is 2. The molecule has 0 heterocycles. The number of carbonyl (C=O) groups excluding carboxylic acids is 2. The van der Waals surface area contributed by atoms with E-state index in [0.717, 1.165) is 16.7 Å². The molecule has 0 unspecified atom stereocenters. The van der Waals surface area contributed by atoms with Crippen molar-refractivity contribution in [1.82, 2.24) is 5.32 Å². The van der Waals surface area contributed by atoms with Crippen molar-refractivity contribution in [3.63, 3.8) is 0 Å². The van der Waals surface area contributed by atoms with Crippen molar-refractivity contribution >= 4 is 58.4 Å². The van der Waals surface area contributed by atoms with Gasteiger partial charge < -0.3 is 44.5 Å². The van der Waals surface area contributed by atoms with Gasteiger partial charge in [0.05, 0.1) is 56.6 Å². The van der Waals surface area contributed by atoms with Crippen LogP contribution in [0.25, 0.3) is 11.1 Å². The first-order valence-electron chi connectivity index (χ1n) is 18.5. The molecule has 16 heteroatoms. The number of carboxylic acids is 2. The number of aryl methyl sites for hydroxylation is 1. The molecule has 5 aromatic rings. The largest absolute Gasteiger partial charge is 0.493 e. The molecule has 14 nitrogen and oxygen atoms in total. The van der Waals surface area contributed by atoms with Crippen molar-refractivity contribution in [3.8, 4) is 39.9 Å². The summed E-state index contributed by atoms with van der Waals surface area (Å²) < 4.78 is 26.7. The summed E-state index contributed by atoms with van der Waals surface area (Å²) in [4.78, 5) is 56.5. The smallest absolute Gasteiger partial charge is 0.339 e. The number of methoxy groups -OCH3 is 4. The van der Waals surface area contributed by atoms with Gasteiger partial charge in [0.15, 0.2) is 17.2 Å². The number of amides is 1. The normalized spacial score (nSPS) is 12.2. The van der Waals surface area contributed by atoms with Crippen LogP contribution in [-0.4, -0.2) is 62.5 Å². The molecule has 0 bridgehead atoms. The van der Waals surface area contributed by atoms with Gasteiger partial charge >= 0.3 is 17.9 Å². The molecular weight excluding hydrogens is 831 g/mol. The lowest BCUT2D eigenvalue weighted by molar-refractivity contribution is -0.136. The van der Waals surface area contributed by atoms with Crippen LogP contribution in [0, 0.1) is 0 Å². The van der Waals surface area contributed by atoms with E-state index in [1.807, 2.05) is 18.2 Å². The third-order valence-corrected chi connectivity index (χ3v) is 9.68. The van der Waals surface area contributed by atoms with E-state index in [-0.39, 0.29) is 40.9 Å². The van der Waals surface area contributed by atoms with Crippen LogP contribution in [-0.2, 0) is 27.2 Å². The molecule has 61 heavy (non-hydrogen) atoms. The Morgan fingerprint density at radius 1 is 0.738 bits per heavy atom. The second-order valence-corrected chi connectivity index (χ2v) is 13.9. The standard InChI is InChI=1S/C22H25NO6.C14H11Cl2NO2.C9H8O4/c1-12(24)23-16-8-6-13-10-19(27-3)21(28-4)22(29-5)20(13)14-7-9-18(26-2)17(25)11-15(14)16;15-10-5-3-6-11(16)14(10)17-12-7-2-1-4-9(12)8-13(18)19;1-6(10)13-8-5-3-2-4-7(8)9(11)12/h7,9-11,16H,6,8H2,1-5H3,(H,23,24);1-7,17H,8H2,(H,18,19);2-5H,1H3,(H,11,12)/t16-;;/m0../s1. The number of para-hydroxylation sites is 3. The summed E-state index contributed by atoms with van der Waals surface area (Å²) in [6.07, 6.45) is 1.20. The highest BCUT2D eigenvalue weighted by Gasteiger charge is 2.29. The predicted molar refractivity (Wildman–Crippen MR) is 231 cm³/mol. The summed E-state index contributed by atoms with van der Waals surface area (Å²) in [5, 5.41) is 24.6. The number of carbonyl (C=O) groups is 4. The summed E-state index contributed by atoms with van der Waals surface area (Å²) in [7, 11) is 6.14. The van der Waals surface area contributed by atoms with E-state index >= 15 is 0 Å². The van der Waals surface area contributed by atoms with Crippen molar-refractivity contribution in [1.29, 1.82) is 0 Å². The van der Waals surface area contributed by atoms with Crippen LogP contribution in [0.3, 0.4) is 0 Å². The summed E-state index contributed by atoms with van der Waals surface area (Å²) in [5.41, 5.74) is 4.92. The Labute approximate surface area is 361 Å². The molecule has 0 fully saturated rings. The molecule has 5 aromatic carbocycles. The highest BCUT2D eigenvalue weighted by molar-refractivity contribution is 6.39. The lowest BCUT2D eigenvalue weighted by Gasteiger charge is -2.19. The van der Waals surface area contributed by atoms with Gasteiger partial charge in [-0.3, -0.25) is 19.2 Å². The molecule has 1 aliphatic rings. The monoisotopic (exact) mass is 874 g/mol. The van der Waals surface area contributed by atoms with Crippen LogP contribution in [0.15, 0.2) is 95.8 Å². The second-order valence-electron chi connectivity index (χ2n) is 13.1. The van der Waals surface area contributed by atoms with Gasteiger partial charge in [0.25, 0.3) is 0 Å². The zero-order valence-electron chi connectivity index (χ0n) is 34.1. The molecular formula is C45H44Cl2N2O12. The van der Waals surface area contributed by atoms with Crippen LogP contribution < -0.4 is 39.7 Å². The number of carboxylic acid groups (broad SMARTS) is 2. The summed E-state index contributed by atoms with van der Waals surface area (Å²) in [6, 6.07) is 24.9. The van der Waals surface area contributed by atoms with Crippen molar-refractivity contribution in [2.24, 2.45) is 0 Å². The zero-order valence-corrected chi connectivity index (χ0v) is 35.6. The Hall–Kier alpha value is -6.77. The van der Waals surface area contributed by atoms with E-state index in [2.05, 4.69) is 15.4 Å². The molecule has 1 atom stereocenters. The van der Waals surface area contributed by atoms with E-state index in [1.165, 1.54) is 39.2 Å².